The number of hydrogen-bond acceptors (Lipinski definition) is 4. The normalized spacial score (nSPS) is 19.7. The minimum atomic E-state index is -0.284. The number of halogens is 1. The van der Waals surface area contributed by atoms with Gasteiger partial charge in [0.25, 0.3) is 0 Å². The van der Waals surface area contributed by atoms with Crippen molar-refractivity contribution in [1.82, 2.24) is 20.1 Å². The van der Waals surface area contributed by atoms with E-state index in [1.807, 2.05) is 13.1 Å². The van der Waals surface area contributed by atoms with E-state index in [1.165, 1.54) is 12.1 Å². The number of rotatable bonds is 5. The van der Waals surface area contributed by atoms with Crippen molar-refractivity contribution < 1.29 is 9.13 Å². The predicted octanol–water partition coefficient (Wildman–Crippen LogP) is 3.03. The molecule has 3 heterocycles. The van der Waals surface area contributed by atoms with Gasteiger partial charge in [0.15, 0.2) is 5.96 Å². The fourth-order valence-corrected chi connectivity index (χ4v) is 3.78. The van der Waals surface area contributed by atoms with Crippen LogP contribution < -0.4 is 10.1 Å². The maximum absolute atomic E-state index is 13.0. The van der Waals surface area contributed by atoms with Gasteiger partial charge in [0, 0.05) is 51.5 Å². The zero-order valence-electron chi connectivity index (χ0n) is 16.6. The summed E-state index contributed by atoms with van der Waals surface area (Å²) in [5.74, 6) is 1.87. The first-order valence-electron chi connectivity index (χ1n) is 9.94. The lowest BCUT2D eigenvalue weighted by Crippen LogP contribution is -2.42. The third-order valence-electron chi connectivity index (χ3n) is 5.30. The Balaban J connectivity index is 1.32. The second-order valence-electron chi connectivity index (χ2n) is 7.25. The fraction of sp³-hybridized carbons (Fsp3) is 0.364. The highest BCUT2D eigenvalue weighted by Gasteiger charge is 2.29. The molecule has 0 aliphatic carbocycles. The molecule has 1 unspecified atom stereocenters. The van der Waals surface area contributed by atoms with Gasteiger partial charge in [-0.1, -0.05) is 12.2 Å². The number of guanidine groups is 1. The summed E-state index contributed by atoms with van der Waals surface area (Å²) in [6.07, 6.45) is 7.34. The number of nitrogens with one attached hydrogen (secondary N) is 1. The summed E-state index contributed by atoms with van der Waals surface area (Å²) in [5.41, 5.74) is 0.852. The molecule has 2 aliphatic rings. The van der Waals surface area contributed by atoms with Crippen LogP contribution in [0.2, 0.25) is 0 Å². The van der Waals surface area contributed by atoms with Gasteiger partial charge in [-0.2, -0.15) is 0 Å². The van der Waals surface area contributed by atoms with E-state index in [4.69, 9.17) is 4.74 Å². The summed E-state index contributed by atoms with van der Waals surface area (Å²) < 4.78 is 18.8. The highest BCUT2D eigenvalue weighted by molar-refractivity contribution is 5.80. The van der Waals surface area contributed by atoms with E-state index in [2.05, 4.69) is 37.2 Å². The van der Waals surface area contributed by atoms with Crippen LogP contribution in [-0.4, -0.2) is 60.0 Å². The monoisotopic (exact) mass is 395 g/mol. The van der Waals surface area contributed by atoms with Crippen LogP contribution in [0.3, 0.4) is 0 Å². The van der Waals surface area contributed by atoms with Crippen LogP contribution in [0.25, 0.3) is 0 Å². The Kier molecular flexibility index (Phi) is 6.05. The zero-order valence-corrected chi connectivity index (χ0v) is 16.6. The molecule has 0 radical (unpaired) electrons. The lowest BCUT2D eigenvalue weighted by molar-refractivity contribution is 0.259. The number of ether oxygens (including phenoxy) is 1. The van der Waals surface area contributed by atoms with E-state index < -0.39 is 0 Å². The molecule has 0 amide bonds. The number of aliphatic imine (C=N–C) groups is 1. The first-order valence-corrected chi connectivity index (χ1v) is 9.94. The molecule has 152 valence electrons. The topological polar surface area (TPSA) is 53.0 Å². The summed E-state index contributed by atoms with van der Waals surface area (Å²) in [6, 6.07) is 10.2. The molecule has 7 heteroatoms. The Labute approximate surface area is 170 Å². The molecule has 1 saturated heterocycles. The lowest BCUT2D eigenvalue weighted by Gasteiger charge is -2.25. The average molecular weight is 395 g/mol. The van der Waals surface area contributed by atoms with E-state index in [-0.39, 0.29) is 5.82 Å². The molecule has 0 saturated carbocycles. The van der Waals surface area contributed by atoms with Gasteiger partial charge in [0.2, 0.25) is 0 Å². The molecule has 1 fully saturated rings. The minimum absolute atomic E-state index is 0.284. The Bertz CT molecular complexity index is 875. The molecule has 29 heavy (non-hydrogen) atoms. The van der Waals surface area contributed by atoms with Crippen molar-refractivity contribution in [3.63, 3.8) is 0 Å². The Hall–Kier alpha value is -2.93. The van der Waals surface area contributed by atoms with Crippen molar-refractivity contribution in [1.29, 1.82) is 0 Å². The van der Waals surface area contributed by atoms with Gasteiger partial charge in [-0.15, -0.1) is 0 Å². The Morgan fingerprint density at radius 3 is 2.76 bits per heavy atom. The van der Waals surface area contributed by atoms with E-state index in [9.17, 15) is 4.39 Å². The molecule has 1 N–H and O–H groups in total. The van der Waals surface area contributed by atoms with Crippen LogP contribution in [-0.2, 0) is 6.54 Å². The lowest BCUT2D eigenvalue weighted by atomic mass is 10.2. The van der Waals surface area contributed by atoms with Crippen LogP contribution in [0.15, 0.2) is 59.7 Å². The van der Waals surface area contributed by atoms with Gasteiger partial charge in [0.1, 0.15) is 17.3 Å². The molecule has 6 nitrogen and oxygen atoms in total. The number of benzene rings is 1. The fourth-order valence-electron chi connectivity index (χ4n) is 3.78. The third-order valence-corrected chi connectivity index (χ3v) is 5.30. The van der Waals surface area contributed by atoms with Crippen molar-refractivity contribution in [3.8, 4) is 11.5 Å². The summed E-state index contributed by atoms with van der Waals surface area (Å²) in [5, 5.41) is 3.41. The number of likely N-dealkylation sites (tertiary alicyclic amines) is 1. The first kappa shape index (κ1) is 19.4. The smallest absolute Gasteiger partial charge is 0.194 e. The molecule has 4 rings (SSSR count). The van der Waals surface area contributed by atoms with Crippen LogP contribution in [0.1, 0.15) is 12.1 Å². The van der Waals surface area contributed by atoms with Gasteiger partial charge >= 0.3 is 0 Å². The van der Waals surface area contributed by atoms with E-state index >= 15 is 0 Å². The molecule has 0 bridgehead atoms. The highest BCUT2D eigenvalue weighted by Crippen LogP contribution is 2.22. The van der Waals surface area contributed by atoms with Gasteiger partial charge in [0.05, 0.1) is 12.2 Å². The summed E-state index contributed by atoms with van der Waals surface area (Å²) in [6.45, 7) is 4.65. The quantitative estimate of drug-likeness (QED) is 0.479. The van der Waals surface area contributed by atoms with Gasteiger partial charge in [-0.25, -0.2) is 4.39 Å². The van der Waals surface area contributed by atoms with Crippen LogP contribution in [0.4, 0.5) is 4.39 Å². The number of hydrogen-bond donors (Lipinski definition) is 1. The van der Waals surface area contributed by atoms with Gasteiger partial charge in [-0.05, 0) is 36.8 Å². The zero-order chi connectivity index (χ0) is 20.1. The maximum Gasteiger partial charge on any atom is 0.194 e. The number of pyridine rings is 1. The van der Waals surface area contributed by atoms with E-state index in [0.717, 1.165) is 44.3 Å². The Morgan fingerprint density at radius 1 is 1.21 bits per heavy atom. The van der Waals surface area contributed by atoms with Crippen molar-refractivity contribution in [2.24, 2.45) is 4.99 Å². The second kappa shape index (κ2) is 9.05. The largest absolute Gasteiger partial charge is 0.457 e. The van der Waals surface area contributed by atoms with Crippen molar-refractivity contribution in [2.45, 2.75) is 19.0 Å². The van der Waals surface area contributed by atoms with Crippen LogP contribution >= 0.6 is 0 Å². The SMILES string of the molecule is CN=C(NCc1cc(Oc2ccc(F)cc2)ccn1)N1CCC(N2CC=CC2)C1. The van der Waals surface area contributed by atoms with E-state index in [0.29, 0.717) is 24.1 Å². The highest BCUT2D eigenvalue weighted by atomic mass is 19.1. The molecule has 1 atom stereocenters. The van der Waals surface area contributed by atoms with Crippen molar-refractivity contribution >= 4 is 5.96 Å². The molecular weight excluding hydrogens is 369 g/mol. The summed E-state index contributed by atoms with van der Waals surface area (Å²) in [7, 11) is 1.81. The molecule has 1 aromatic carbocycles. The van der Waals surface area contributed by atoms with Crippen molar-refractivity contribution in [3.05, 3.63) is 66.3 Å². The third kappa shape index (κ3) is 4.92. The second-order valence-corrected chi connectivity index (χ2v) is 7.25. The van der Waals surface area contributed by atoms with Crippen molar-refractivity contribution in [2.75, 3.05) is 33.2 Å². The van der Waals surface area contributed by atoms with Gasteiger partial charge < -0.3 is 15.0 Å². The minimum Gasteiger partial charge on any atom is -0.457 e. The standard InChI is InChI=1S/C22H26FN5O/c1-24-22(28-13-9-19(16-28)27-11-2-3-12-27)26-15-18-14-21(8-10-25-18)29-20-6-4-17(23)5-7-20/h2-8,10,14,19H,9,11-13,15-16H2,1H3,(H,24,26). The van der Waals surface area contributed by atoms with Crippen LogP contribution in [0.5, 0.6) is 11.5 Å². The first-order chi connectivity index (χ1) is 14.2. The summed E-state index contributed by atoms with van der Waals surface area (Å²) in [4.78, 5) is 13.7. The molecule has 0 spiro atoms. The Morgan fingerprint density at radius 2 is 2.00 bits per heavy atom. The van der Waals surface area contributed by atoms with E-state index in [1.54, 1.807) is 24.4 Å². The molecular formula is C22H26FN5O. The molecule has 2 aliphatic heterocycles. The predicted molar refractivity (Wildman–Crippen MR) is 112 cm³/mol. The van der Waals surface area contributed by atoms with Gasteiger partial charge in [-0.3, -0.25) is 14.9 Å². The average Bonchev–Trinajstić information content (AvgIpc) is 3.43. The number of aromatic nitrogens is 1. The number of nitrogens with zero attached hydrogens (tertiary/aromatic N) is 4. The summed E-state index contributed by atoms with van der Waals surface area (Å²) >= 11 is 0. The molecule has 1 aromatic heterocycles. The maximum atomic E-state index is 13.0. The van der Waals surface area contributed by atoms with Crippen LogP contribution in [0, 0.1) is 5.82 Å². The molecule has 2 aromatic rings.